The second kappa shape index (κ2) is 3.71. The molecule has 0 aliphatic rings. The van der Waals surface area contributed by atoms with E-state index in [2.05, 4.69) is 25.9 Å². The third-order valence-electron chi connectivity index (χ3n) is 1.51. The van der Waals surface area contributed by atoms with E-state index in [1.807, 2.05) is 20.8 Å². The highest BCUT2D eigenvalue weighted by Crippen LogP contribution is 2.24. The van der Waals surface area contributed by atoms with Crippen molar-refractivity contribution in [3.8, 4) is 0 Å². The third kappa shape index (κ3) is 1.96. The van der Waals surface area contributed by atoms with E-state index in [9.17, 15) is 0 Å². The maximum atomic E-state index is 5.87. The van der Waals surface area contributed by atoms with Crippen LogP contribution in [0.4, 0.5) is 0 Å². The van der Waals surface area contributed by atoms with E-state index >= 15 is 0 Å². The van der Waals surface area contributed by atoms with Crippen LogP contribution >= 0.6 is 27.5 Å². The van der Waals surface area contributed by atoms with Crippen LogP contribution in [-0.4, -0.2) is 9.97 Å². The highest BCUT2D eigenvalue weighted by molar-refractivity contribution is 9.10. The molecular formula is C8H10BrClN2. The van der Waals surface area contributed by atoms with Gasteiger partial charge in [0.05, 0.1) is 10.2 Å². The lowest BCUT2D eigenvalue weighted by molar-refractivity contribution is 0.764. The van der Waals surface area contributed by atoms with E-state index in [0.717, 1.165) is 16.0 Å². The molecule has 1 heterocycles. The first-order valence-electron chi connectivity index (χ1n) is 3.72. The van der Waals surface area contributed by atoms with Gasteiger partial charge in [0.25, 0.3) is 0 Å². The Bertz CT molecular complexity index is 276. The van der Waals surface area contributed by atoms with Crippen molar-refractivity contribution in [2.24, 2.45) is 0 Å². The molecule has 2 nitrogen and oxygen atoms in total. The summed E-state index contributed by atoms with van der Waals surface area (Å²) in [6, 6.07) is 0. The molecule has 0 aliphatic carbocycles. The zero-order valence-corrected chi connectivity index (χ0v) is 9.57. The summed E-state index contributed by atoms with van der Waals surface area (Å²) < 4.78 is 0.786. The molecule has 0 saturated carbocycles. The van der Waals surface area contributed by atoms with Crippen LogP contribution in [0.1, 0.15) is 31.3 Å². The van der Waals surface area contributed by atoms with Crippen molar-refractivity contribution < 1.29 is 0 Å². The smallest absolute Gasteiger partial charge is 0.147 e. The number of aromatic nitrogens is 2. The summed E-state index contributed by atoms with van der Waals surface area (Å²) in [5.74, 6) is 1.11. The lowest BCUT2D eigenvalue weighted by atomic mass is 10.2. The molecule has 1 rings (SSSR count). The number of nitrogens with zero attached hydrogens (tertiary/aromatic N) is 2. The first-order valence-corrected chi connectivity index (χ1v) is 4.89. The fourth-order valence-electron chi connectivity index (χ4n) is 0.803. The summed E-state index contributed by atoms with van der Waals surface area (Å²) >= 11 is 9.17. The van der Waals surface area contributed by atoms with Gasteiger partial charge in [0.1, 0.15) is 11.0 Å². The highest BCUT2D eigenvalue weighted by Gasteiger charge is 2.09. The average molecular weight is 250 g/mol. The van der Waals surface area contributed by atoms with Crippen LogP contribution in [-0.2, 0) is 0 Å². The molecule has 66 valence electrons. The molecule has 1 aromatic heterocycles. The number of halogens is 2. The Kier molecular flexibility index (Phi) is 3.07. The molecule has 0 spiro atoms. The quantitative estimate of drug-likeness (QED) is 0.714. The molecule has 12 heavy (non-hydrogen) atoms. The van der Waals surface area contributed by atoms with Crippen LogP contribution < -0.4 is 0 Å². The molecule has 0 unspecified atom stereocenters. The van der Waals surface area contributed by atoms with Gasteiger partial charge in [-0.3, -0.25) is 0 Å². The van der Waals surface area contributed by atoms with Crippen molar-refractivity contribution >= 4 is 27.5 Å². The Labute approximate surface area is 85.5 Å². The highest BCUT2D eigenvalue weighted by atomic mass is 79.9. The summed E-state index contributed by atoms with van der Waals surface area (Å²) in [5.41, 5.74) is 0.888. The fraction of sp³-hybridized carbons (Fsp3) is 0.500. The van der Waals surface area contributed by atoms with Gasteiger partial charge in [-0.1, -0.05) is 25.4 Å². The molecule has 0 aliphatic heterocycles. The topological polar surface area (TPSA) is 25.8 Å². The maximum absolute atomic E-state index is 5.87. The third-order valence-corrected chi connectivity index (χ3v) is 2.96. The summed E-state index contributed by atoms with van der Waals surface area (Å²) in [7, 11) is 0. The Morgan fingerprint density at radius 1 is 1.33 bits per heavy atom. The van der Waals surface area contributed by atoms with Gasteiger partial charge in [-0.25, -0.2) is 9.97 Å². The van der Waals surface area contributed by atoms with E-state index in [-0.39, 0.29) is 0 Å². The first kappa shape index (κ1) is 9.93. The second-order valence-electron chi connectivity index (χ2n) is 2.93. The SMILES string of the molecule is Cc1nc(C(C)C)nc(Cl)c1Br. The first-order chi connectivity index (χ1) is 5.52. The van der Waals surface area contributed by atoms with E-state index in [1.165, 1.54) is 0 Å². The van der Waals surface area contributed by atoms with Crippen LogP contribution in [0.15, 0.2) is 4.47 Å². The molecule has 1 aromatic rings. The fourth-order valence-corrected chi connectivity index (χ4v) is 1.20. The number of rotatable bonds is 1. The van der Waals surface area contributed by atoms with Gasteiger partial charge in [-0.05, 0) is 22.9 Å². The standard InChI is InChI=1S/C8H10BrClN2/c1-4(2)8-11-5(3)6(9)7(10)12-8/h4H,1-3H3. The van der Waals surface area contributed by atoms with E-state index < -0.39 is 0 Å². The van der Waals surface area contributed by atoms with Gasteiger partial charge in [-0.2, -0.15) is 0 Å². The Hall–Kier alpha value is -0.150. The Morgan fingerprint density at radius 2 is 1.92 bits per heavy atom. The van der Waals surface area contributed by atoms with Crippen molar-refractivity contribution in [2.75, 3.05) is 0 Å². The molecule has 4 heteroatoms. The second-order valence-corrected chi connectivity index (χ2v) is 4.08. The number of hydrogen-bond acceptors (Lipinski definition) is 2. The molecule has 0 bridgehead atoms. The predicted molar refractivity (Wildman–Crippen MR) is 53.6 cm³/mol. The van der Waals surface area contributed by atoms with Crippen molar-refractivity contribution in [1.82, 2.24) is 9.97 Å². The summed E-state index contributed by atoms with van der Waals surface area (Å²) in [6.07, 6.45) is 0. The predicted octanol–water partition coefficient (Wildman–Crippen LogP) is 3.32. The maximum Gasteiger partial charge on any atom is 0.147 e. The molecule has 0 fully saturated rings. The van der Waals surface area contributed by atoms with Crippen LogP contribution in [0, 0.1) is 6.92 Å². The minimum Gasteiger partial charge on any atom is -0.237 e. The zero-order valence-electron chi connectivity index (χ0n) is 7.23. The summed E-state index contributed by atoms with van der Waals surface area (Å²) in [6.45, 7) is 5.99. The van der Waals surface area contributed by atoms with Crippen molar-refractivity contribution in [3.63, 3.8) is 0 Å². The van der Waals surface area contributed by atoms with Crippen LogP contribution in [0.3, 0.4) is 0 Å². The number of aryl methyl sites for hydroxylation is 1. The van der Waals surface area contributed by atoms with Gasteiger partial charge < -0.3 is 0 Å². The minimum atomic E-state index is 0.314. The molecule has 0 aromatic carbocycles. The summed E-state index contributed by atoms with van der Waals surface area (Å²) in [5, 5.41) is 0.492. The normalized spacial score (nSPS) is 10.8. The van der Waals surface area contributed by atoms with Gasteiger partial charge in [-0.15, -0.1) is 0 Å². The van der Waals surface area contributed by atoms with Gasteiger partial charge >= 0.3 is 0 Å². The van der Waals surface area contributed by atoms with Crippen LogP contribution in [0.2, 0.25) is 5.15 Å². The van der Waals surface area contributed by atoms with E-state index in [1.54, 1.807) is 0 Å². The van der Waals surface area contributed by atoms with E-state index in [0.29, 0.717) is 11.1 Å². The molecule has 0 amide bonds. The molecule has 0 N–H and O–H groups in total. The molecule has 0 radical (unpaired) electrons. The van der Waals surface area contributed by atoms with Crippen LogP contribution in [0.25, 0.3) is 0 Å². The molecule has 0 atom stereocenters. The lowest BCUT2D eigenvalue weighted by Crippen LogP contribution is -2.00. The Morgan fingerprint density at radius 3 is 2.33 bits per heavy atom. The van der Waals surface area contributed by atoms with Crippen molar-refractivity contribution in [2.45, 2.75) is 26.7 Å². The Balaban J connectivity index is 3.21. The largest absolute Gasteiger partial charge is 0.237 e. The van der Waals surface area contributed by atoms with Gasteiger partial charge in [0, 0.05) is 5.92 Å². The molecule has 0 saturated heterocycles. The van der Waals surface area contributed by atoms with E-state index in [4.69, 9.17) is 11.6 Å². The van der Waals surface area contributed by atoms with Crippen LogP contribution in [0.5, 0.6) is 0 Å². The molecular weight excluding hydrogens is 239 g/mol. The average Bonchev–Trinajstić information content (AvgIpc) is 1.99. The lowest BCUT2D eigenvalue weighted by Gasteiger charge is -2.06. The zero-order chi connectivity index (χ0) is 9.30. The monoisotopic (exact) mass is 248 g/mol. The van der Waals surface area contributed by atoms with Gasteiger partial charge in [0.2, 0.25) is 0 Å². The van der Waals surface area contributed by atoms with Crippen molar-refractivity contribution in [3.05, 3.63) is 21.1 Å². The van der Waals surface area contributed by atoms with Crippen molar-refractivity contribution in [1.29, 1.82) is 0 Å². The number of hydrogen-bond donors (Lipinski definition) is 0. The minimum absolute atomic E-state index is 0.314. The summed E-state index contributed by atoms with van der Waals surface area (Å²) in [4.78, 5) is 8.43. The van der Waals surface area contributed by atoms with Gasteiger partial charge in [0.15, 0.2) is 0 Å².